The number of hydrogen-bond donors (Lipinski definition) is 0. The van der Waals surface area contributed by atoms with E-state index in [0.717, 1.165) is 17.9 Å². The molecule has 1 nitrogen and oxygen atoms in total. The van der Waals surface area contributed by atoms with Crippen molar-refractivity contribution < 1.29 is 4.74 Å². The Morgan fingerprint density at radius 2 is 0.895 bits per heavy atom. The second-order valence-electron chi connectivity index (χ2n) is 11.2. The predicted molar refractivity (Wildman–Crippen MR) is 171 cm³/mol. The molecule has 2 rings (SSSR count). The van der Waals surface area contributed by atoms with E-state index >= 15 is 0 Å². The van der Waals surface area contributed by atoms with Crippen LogP contribution in [0.3, 0.4) is 0 Å². The number of benzene rings is 2. The topological polar surface area (TPSA) is 9.23 Å². The summed E-state index contributed by atoms with van der Waals surface area (Å²) in [6.45, 7) is 4.60. The number of unbranched alkanes of at least 4 members (excludes halogenated alkanes) is 18. The molecule has 0 unspecified atom stereocenters. The van der Waals surface area contributed by atoms with Crippen molar-refractivity contribution in [2.75, 3.05) is 0 Å². The zero-order valence-corrected chi connectivity index (χ0v) is 24.6. The van der Waals surface area contributed by atoms with Crippen LogP contribution in [0.2, 0.25) is 0 Å². The average molecular weight is 531 g/mol. The van der Waals surface area contributed by atoms with Gasteiger partial charge in [-0.15, -0.1) is 0 Å². The summed E-state index contributed by atoms with van der Waals surface area (Å²) in [7, 11) is 0. The Morgan fingerprint density at radius 1 is 0.447 bits per heavy atom. The molecule has 0 aromatic heterocycles. The molecule has 0 atom stereocenters. The molecule has 0 aliphatic carbocycles. The standard InChI is InChI=1S/C36H58O.Na.H/c1-3-5-7-9-11-13-15-17-19-22-27-33-28-26-32-36(37-34-29-23-21-24-30-34)35(33)31-25-20-18-16-14-12-10-8-6-4-2;;/h21,23-24,26,28-30,32H,3-20,22,25,27,31H2,1-2H3;;. The van der Waals surface area contributed by atoms with Crippen molar-refractivity contribution >= 4 is 29.6 Å². The maximum atomic E-state index is 6.39. The fourth-order valence-electron chi connectivity index (χ4n) is 5.43. The van der Waals surface area contributed by atoms with E-state index < -0.39 is 0 Å². The quantitative estimate of drug-likeness (QED) is 0.0968. The van der Waals surface area contributed by atoms with Gasteiger partial charge in [0.1, 0.15) is 11.5 Å². The van der Waals surface area contributed by atoms with Crippen LogP contribution in [0.25, 0.3) is 0 Å². The first kappa shape index (κ1) is 35.3. The van der Waals surface area contributed by atoms with E-state index in [4.69, 9.17) is 4.74 Å². The van der Waals surface area contributed by atoms with Gasteiger partial charge in [-0.1, -0.05) is 160 Å². The zero-order chi connectivity index (χ0) is 26.2. The molecule has 2 aromatic carbocycles. The Kier molecular flexibility index (Phi) is 23.4. The fourth-order valence-corrected chi connectivity index (χ4v) is 5.43. The Hall–Kier alpha value is -0.760. The summed E-state index contributed by atoms with van der Waals surface area (Å²) in [6, 6.07) is 17.1. The first-order chi connectivity index (χ1) is 18.3. The summed E-state index contributed by atoms with van der Waals surface area (Å²) in [4.78, 5) is 0. The van der Waals surface area contributed by atoms with Crippen molar-refractivity contribution in [2.45, 2.75) is 155 Å². The van der Waals surface area contributed by atoms with Crippen molar-refractivity contribution in [3.05, 3.63) is 59.7 Å². The van der Waals surface area contributed by atoms with Crippen LogP contribution in [-0.2, 0) is 12.8 Å². The maximum absolute atomic E-state index is 6.39. The van der Waals surface area contributed by atoms with Crippen LogP contribution in [0.15, 0.2) is 48.5 Å². The normalized spacial score (nSPS) is 10.9. The first-order valence-electron chi connectivity index (χ1n) is 16.2. The van der Waals surface area contributed by atoms with Crippen LogP contribution in [0.1, 0.15) is 153 Å². The summed E-state index contributed by atoms with van der Waals surface area (Å²) in [6.07, 6.45) is 30.1. The van der Waals surface area contributed by atoms with Crippen molar-refractivity contribution in [3.63, 3.8) is 0 Å². The Bertz CT molecular complexity index is 772. The van der Waals surface area contributed by atoms with Crippen molar-refractivity contribution in [1.82, 2.24) is 0 Å². The van der Waals surface area contributed by atoms with Gasteiger partial charge in [-0.2, -0.15) is 0 Å². The molecule has 0 saturated carbocycles. The third-order valence-corrected chi connectivity index (χ3v) is 7.78. The molecule has 0 N–H and O–H groups in total. The Labute approximate surface area is 259 Å². The summed E-state index contributed by atoms with van der Waals surface area (Å²) in [5.74, 6) is 2.02. The molecule has 2 heteroatoms. The molecule has 210 valence electrons. The van der Waals surface area contributed by atoms with Gasteiger partial charge in [0.25, 0.3) is 0 Å². The van der Waals surface area contributed by atoms with Crippen LogP contribution in [0.4, 0.5) is 0 Å². The third-order valence-electron chi connectivity index (χ3n) is 7.78. The van der Waals surface area contributed by atoms with Crippen molar-refractivity contribution in [1.29, 1.82) is 0 Å². The number of rotatable bonds is 24. The molecule has 0 aliphatic heterocycles. The molecule has 0 radical (unpaired) electrons. The molecule has 0 bridgehead atoms. The minimum absolute atomic E-state index is 0. The number of para-hydroxylation sites is 1. The fraction of sp³-hybridized carbons (Fsp3) is 0.667. The van der Waals surface area contributed by atoms with Gasteiger partial charge in [0, 0.05) is 0 Å². The zero-order valence-electron chi connectivity index (χ0n) is 24.6. The Balaban J connectivity index is 0.00000722. The van der Waals surface area contributed by atoms with Gasteiger partial charge in [-0.25, -0.2) is 0 Å². The van der Waals surface area contributed by atoms with Gasteiger partial charge in [0.15, 0.2) is 0 Å². The second kappa shape index (κ2) is 25.2. The molecule has 0 saturated heterocycles. The molecule has 0 amide bonds. The van der Waals surface area contributed by atoms with Gasteiger partial charge < -0.3 is 4.74 Å². The summed E-state index contributed by atoms with van der Waals surface area (Å²) < 4.78 is 6.39. The minimum atomic E-state index is 0. The van der Waals surface area contributed by atoms with Crippen LogP contribution in [-0.4, -0.2) is 29.6 Å². The van der Waals surface area contributed by atoms with Gasteiger partial charge in [0.05, 0.1) is 0 Å². The summed E-state index contributed by atoms with van der Waals surface area (Å²) >= 11 is 0. The van der Waals surface area contributed by atoms with E-state index in [9.17, 15) is 0 Å². The van der Waals surface area contributed by atoms with E-state index in [-0.39, 0.29) is 29.6 Å². The number of aryl methyl sites for hydroxylation is 1. The van der Waals surface area contributed by atoms with E-state index in [1.54, 1.807) is 0 Å². The molecular formula is C36H59NaO. The van der Waals surface area contributed by atoms with Gasteiger partial charge in [-0.05, 0) is 55.0 Å². The van der Waals surface area contributed by atoms with Crippen LogP contribution < -0.4 is 4.74 Å². The van der Waals surface area contributed by atoms with E-state index in [1.807, 2.05) is 0 Å². The van der Waals surface area contributed by atoms with E-state index in [2.05, 4.69) is 62.4 Å². The van der Waals surface area contributed by atoms with Crippen molar-refractivity contribution in [2.24, 2.45) is 0 Å². The van der Waals surface area contributed by atoms with Crippen LogP contribution in [0.5, 0.6) is 11.5 Å². The average Bonchev–Trinajstić information content (AvgIpc) is 2.92. The van der Waals surface area contributed by atoms with Crippen molar-refractivity contribution in [3.8, 4) is 11.5 Å². The number of hydrogen-bond acceptors (Lipinski definition) is 1. The summed E-state index contributed by atoms with van der Waals surface area (Å²) in [5, 5.41) is 0. The third kappa shape index (κ3) is 17.0. The SMILES string of the molecule is CCCCCCCCCCCCc1cccc(Oc2ccccc2)c1CCCCCCCCCCCC.[NaH]. The number of ether oxygens (including phenoxy) is 1. The molecule has 0 heterocycles. The summed E-state index contributed by atoms with van der Waals surface area (Å²) in [5.41, 5.74) is 2.98. The Morgan fingerprint density at radius 3 is 1.39 bits per heavy atom. The predicted octanol–water partition coefficient (Wildman–Crippen LogP) is 11.8. The molecular weight excluding hydrogens is 471 g/mol. The van der Waals surface area contributed by atoms with E-state index in [1.165, 1.54) is 146 Å². The molecule has 2 aromatic rings. The monoisotopic (exact) mass is 530 g/mol. The second-order valence-corrected chi connectivity index (χ2v) is 11.2. The van der Waals surface area contributed by atoms with Crippen LogP contribution >= 0.6 is 0 Å². The van der Waals surface area contributed by atoms with Crippen LogP contribution in [0, 0.1) is 0 Å². The molecule has 0 aliphatic rings. The van der Waals surface area contributed by atoms with Gasteiger partial charge >= 0.3 is 29.6 Å². The van der Waals surface area contributed by atoms with Gasteiger partial charge in [0.2, 0.25) is 0 Å². The molecule has 0 spiro atoms. The first-order valence-corrected chi connectivity index (χ1v) is 16.2. The van der Waals surface area contributed by atoms with Gasteiger partial charge in [-0.3, -0.25) is 0 Å². The molecule has 38 heavy (non-hydrogen) atoms. The van der Waals surface area contributed by atoms with E-state index in [0.29, 0.717) is 0 Å². The molecule has 0 fully saturated rings.